The molecule has 0 N–H and O–H groups in total. The first kappa shape index (κ1) is 9.55. The summed E-state index contributed by atoms with van der Waals surface area (Å²) in [6.45, 7) is 0. The lowest BCUT2D eigenvalue weighted by Gasteiger charge is -2.21. The lowest BCUT2D eigenvalue weighted by atomic mass is 9.88. The van der Waals surface area contributed by atoms with E-state index < -0.39 is 0 Å². The predicted molar refractivity (Wildman–Crippen MR) is 63.0 cm³/mol. The summed E-state index contributed by atoms with van der Waals surface area (Å²) in [6.07, 6.45) is 8.92. The van der Waals surface area contributed by atoms with Crippen molar-refractivity contribution in [3.8, 4) is 0 Å². The standard InChI is InChI=1S/C8H14I2/c9-8(10)6-7-4-2-1-3-5-7/h7-8H,1-6H2. The Hall–Kier alpha value is 1.46. The molecule has 0 aromatic carbocycles. The van der Waals surface area contributed by atoms with Crippen molar-refractivity contribution in [2.24, 2.45) is 5.92 Å². The molecule has 0 bridgehead atoms. The van der Waals surface area contributed by atoms with Crippen LogP contribution in [0.5, 0.6) is 0 Å². The number of hydrogen-bond donors (Lipinski definition) is 0. The minimum atomic E-state index is 0.860. The van der Waals surface area contributed by atoms with Crippen molar-refractivity contribution in [1.82, 2.24) is 0 Å². The molecule has 2 heteroatoms. The van der Waals surface area contributed by atoms with E-state index in [0.717, 1.165) is 7.85 Å². The van der Waals surface area contributed by atoms with Crippen molar-refractivity contribution in [2.75, 3.05) is 0 Å². The molecule has 1 fully saturated rings. The van der Waals surface area contributed by atoms with E-state index in [1.54, 1.807) is 0 Å². The quantitative estimate of drug-likeness (QED) is 0.510. The third-order valence-corrected chi connectivity index (χ3v) is 3.25. The van der Waals surface area contributed by atoms with Gasteiger partial charge in [-0.25, -0.2) is 0 Å². The summed E-state index contributed by atoms with van der Waals surface area (Å²) in [4.78, 5) is 0. The summed E-state index contributed by atoms with van der Waals surface area (Å²) in [6, 6.07) is 0. The fourth-order valence-electron chi connectivity index (χ4n) is 1.67. The molecule has 0 atom stereocenters. The number of halogens is 2. The monoisotopic (exact) mass is 364 g/mol. The summed E-state index contributed by atoms with van der Waals surface area (Å²) in [5.41, 5.74) is 0. The van der Waals surface area contributed by atoms with Crippen molar-refractivity contribution in [3.05, 3.63) is 0 Å². The van der Waals surface area contributed by atoms with E-state index in [1.165, 1.54) is 38.5 Å². The Labute approximate surface area is 90.8 Å². The Morgan fingerprint density at radius 3 is 2.20 bits per heavy atom. The molecule has 0 nitrogen and oxygen atoms in total. The smallest absolute Gasteiger partial charge is 0.0629 e. The van der Waals surface area contributed by atoms with Crippen LogP contribution in [0.3, 0.4) is 0 Å². The maximum absolute atomic E-state index is 2.53. The van der Waals surface area contributed by atoms with Gasteiger partial charge in [0, 0.05) is 0 Å². The van der Waals surface area contributed by atoms with Crippen LogP contribution >= 0.6 is 45.2 Å². The van der Waals surface area contributed by atoms with E-state index >= 15 is 0 Å². The van der Waals surface area contributed by atoms with Crippen molar-refractivity contribution in [1.29, 1.82) is 0 Å². The minimum absolute atomic E-state index is 0.860. The van der Waals surface area contributed by atoms with Gasteiger partial charge in [-0.1, -0.05) is 77.3 Å². The Morgan fingerprint density at radius 1 is 1.10 bits per heavy atom. The molecule has 1 saturated carbocycles. The van der Waals surface area contributed by atoms with E-state index in [-0.39, 0.29) is 0 Å². The van der Waals surface area contributed by atoms with Gasteiger partial charge in [-0.05, 0) is 12.3 Å². The fourth-order valence-corrected chi connectivity index (χ4v) is 3.11. The maximum Gasteiger partial charge on any atom is 0.0629 e. The van der Waals surface area contributed by atoms with E-state index in [4.69, 9.17) is 0 Å². The molecule has 0 unspecified atom stereocenters. The molecule has 0 spiro atoms. The molecule has 0 aliphatic heterocycles. The highest BCUT2D eigenvalue weighted by atomic mass is 127. The highest BCUT2D eigenvalue weighted by Gasteiger charge is 2.15. The second kappa shape index (κ2) is 5.17. The topological polar surface area (TPSA) is 0 Å². The lowest BCUT2D eigenvalue weighted by Crippen LogP contribution is -2.08. The predicted octanol–water partition coefficient (Wildman–Crippen LogP) is 4.15. The summed E-state index contributed by atoms with van der Waals surface area (Å²) in [5, 5.41) is 0. The van der Waals surface area contributed by atoms with Gasteiger partial charge in [-0.15, -0.1) is 0 Å². The Morgan fingerprint density at radius 2 is 1.70 bits per heavy atom. The van der Waals surface area contributed by atoms with Crippen LogP contribution in [0, 0.1) is 5.92 Å². The molecular weight excluding hydrogens is 350 g/mol. The van der Waals surface area contributed by atoms with E-state index in [9.17, 15) is 0 Å². The summed E-state index contributed by atoms with van der Waals surface area (Å²) >= 11 is 5.06. The molecule has 1 rings (SSSR count). The van der Waals surface area contributed by atoms with Gasteiger partial charge in [-0.2, -0.15) is 0 Å². The van der Waals surface area contributed by atoms with Crippen LogP contribution in [0.4, 0.5) is 0 Å². The fraction of sp³-hybridized carbons (Fsp3) is 1.00. The molecular formula is C8H14I2. The first-order chi connectivity index (χ1) is 4.79. The molecule has 0 saturated heterocycles. The van der Waals surface area contributed by atoms with Crippen LogP contribution in [0.15, 0.2) is 0 Å². The maximum atomic E-state index is 2.53. The molecule has 0 aromatic rings. The SMILES string of the molecule is IC(I)CC1CCCCC1. The molecule has 60 valence electrons. The normalized spacial score (nSPS) is 21.9. The molecule has 1 aliphatic carbocycles. The largest absolute Gasteiger partial charge is 0.0710 e. The summed E-state index contributed by atoms with van der Waals surface area (Å²) in [7, 11) is 0. The van der Waals surface area contributed by atoms with Gasteiger partial charge >= 0.3 is 0 Å². The molecule has 0 heterocycles. The van der Waals surface area contributed by atoms with Crippen molar-refractivity contribution in [2.45, 2.75) is 40.5 Å². The first-order valence-electron chi connectivity index (χ1n) is 4.07. The minimum Gasteiger partial charge on any atom is -0.0710 e. The van der Waals surface area contributed by atoms with E-state index in [1.807, 2.05) is 0 Å². The molecule has 0 aromatic heterocycles. The summed E-state index contributed by atoms with van der Waals surface area (Å²) < 4.78 is 0.860. The Bertz CT molecular complexity index is 85.3. The van der Waals surface area contributed by atoms with Gasteiger partial charge in [0.15, 0.2) is 0 Å². The molecule has 0 radical (unpaired) electrons. The van der Waals surface area contributed by atoms with Gasteiger partial charge in [0.05, 0.1) is 1.93 Å². The zero-order chi connectivity index (χ0) is 7.40. The third kappa shape index (κ3) is 3.74. The molecule has 0 amide bonds. The van der Waals surface area contributed by atoms with Gasteiger partial charge in [0.25, 0.3) is 0 Å². The van der Waals surface area contributed by atoms with Crippen molar-refractivity contribution >= 4 is 45.2 Å². The highest BCUT2D eigenvalue weighted by molar-refractivity contribution is 14.2. The van der Waals surface area contributed by atoms with Gasteiger partial charge in [0.2, 0.25) is 0 Å². The third-order valence-electron chi connectivity index (χ3n) is 2.24. The second-order valence-electron chi connectivity index (χ2n) is 3.13. The van der Waals surface area contributed by atoms with Gasteiger partial charge in [-0.3, -0.25) is 0 Å². The molecule has 1 aliphatic rings. The molecule has 10 heavy (non-hydrogen) atoms. The van der Waals surface area contributed by atoms with Crippen LogP contribution in [-0.4, -0.2) is 1.93 Å². The average molecular weight is 364 g/mol. The Balaban J connectivity index is 2.13. The van der Waals surface area contributed by atoms with Crippen LogP contribution in [0.2, 0.25) is 0 Å². The van der Waals surface area contributed by atoms with Crippen molar-refractivity contribution in [3.63, 3.8) is 0 Å². The van der Waals surface area contributed by atoms with Crippen LogP contribution in [-0.2, 0) is 0 Å². The zero-order valence-corrected chi connectivity index (χ0v) is 10.5. The number of alkyl halides is 2. The highest BCUT2D eigenvalue weighted by Crippen LogP contribution is 2.31. The lowest BCUT2D eigenvalue weighted by molar-refractivity contribution is 0.351. The second-order valence-corrected chi connectivity index (χ2v) is 8.52. The van der Waals surface area contributed by atoms with Crippen LogP contribution in [0.1, 0.15) is 38.5 Å². The van der Waals surface area contributed by atoms with E-state index in [2.05, 4.69) is 45.2 Å². The van der Waals surface area contributed by atoms with Gasteiger partial charge in [0.1, 0.15) is 0 Å². The van der Waals surface area contributed by atoms with Gasteiger partial charge < -0.3 is 0 Å². The van der Waals surface area contributed by atoms with Crippen LogP contribution in [0.25, 0.3) is 0 Å². The first-order valence-corrected chi connectivity index (χ1v) is 6.56. The van der Waals surface area contributed by atoms with Crippen LogP contribution < -0.4 is 0 Å². The average Bonchev–Trinajstić information content (AvgIpc) is 1.88. The number of rotatable bonds is 2. The number of hydrogen-bond acceptors (Lipinski definition) is 0. The summed E-state index contributed by atoms with van der Waals surface area (Å²) in [5.74, 6) is 1.06. The Kier molecular flexibility index (Phi) is 4.93. The van der Waals surface area contributed by atoms with E-state index in [0.29, 0.717) is 0 Å². The zero-order valence-electron chi connectivity index (χ0n) is 6.15. The van der Waals surface area contributed by atoms with Crippen molar-refractivity contribution < 1.29 is 0 Å².